The third kappa shape index (κ3) is 4.25. The van der Waals surface area contributed by atoms with Crippen LogP contribution in [0.15, 0.2) is 30.6 Å². The molecule has 1 heterocycles. The molecule has 6 heteroatoms. The highest BCUT2D eigenvalue weighted by molar-refractivity contribution is 5.79. The number of nitrogens with zero attached hydrogens (tertiary/aromatic N) is 3. The Morgan fingerprint density at radius 1 is 1.22 bits per heavy atom. The normalized spacial score (nSPS) is 10.4. The molecule has 0 unspecified atom stereocenters. The first kappa shape index (κ1) is 16.9. The number of anilines is 4. The summed E-state index contributed by atoms with van der Waals surface area (Å²) >= 11 is 0. The number of rotatable bonds is 8. The van der Waals surface area contributed by atoms with Crippen LogP contribution in [-0.2, 0) is 0 Å². The van der Waals surface area contributed by atoms with Crippen LogP contribution in [0.5, 0.6) is 5.75 Å². The van der Waals surface area contributed by atoms with Crippen molar-refractivity contribution in [2.75, 3.05) is 36.1 Å². The molecule has 0 atom stereocenters. The van der Waals surface area contributed by atoms with Gasteiger partial charge in [-0.3, -0.25) is 0 Å². The van der Waals surface area contributed by atoms with Gasteiger partial charge < -0.3 is 20.7 Å². The SMILES string of the molecule is CCCCN(C)c1ncnc(Nc2ccccc2OCC)c1N. The highest BCUT2D eigenvalue weighted by Gasteiger charge is 2.13. The number of ether oxygens (including phenoxy) is 1. The van der Waals surface area contributed by atoms with E-state index in [4.69, 9.17) is 10.5 Å². The minimum atomic E-state index is 0.539. The van der Waals surface area contributed by atoms with Crippen LogP contribution in [0.3, 0.4) is 0 Å². The molecule has 1 aromatic heterocycles. The summed E-state index contributed by atoms with van der Waals surface area (Å²) in [5.74, 6) is 2.10. The van der Waals surface area contributed by atoms with Crippen molar-refractivity contribution in [2.24, 2.45) is 0 Å². The zero-order valence-corrected chi connectivity index (χ0v) is 14.0. The smallest absolute Gasteiger partial charge is 0.159 e. The highest BCUT2D eigenvalue weighted by Crippen LogP contribution is 2.32. The molecule has 2 aromatic rings. The van der Waals surface area contributed by atoms with Gasteiger partial charge >= 0.3 is 0 Å². The molecule has 0 saturated heterocycles. The molecule has 0 aliphatic rings. The van der Waals surface area contributed by atoms with E-state index in [-0.39, 0.29) is 0 Å². The molecule has 3 N–H and O–H groups in total. The average molecular weight is 315 g/mol. The number of hydrogen-bond donors (Lipinski definition) is 2. The Hall–Kier alpha value is -2.50. The van der Waals surface area contributed by atoms with Crippen molar-refractivity contribution in [1.82, 2.24) is 9.97 Å². The minimum absolute atomic E-state index is 0.539. The third-order valence-electron chi connectivity index (χ3n) is 3.51. The molecule has 0 radical (unpaired) electrons. The Kier molecular flexibility index (Phi) is 6.02. The lowest BCUT2D eigenvalue weighted by molar-refractivity contribution is 0.342. The molecule has 0 aliphatic carbocycles. The number of hydrogen-bond acceptors (Lipinski definition) is 6. The Labute approximate surface area is 137 Å². The Morgan fingerprint density at radius 2 is 2.00 bits per heavy atom. The lowest BCUT2D eigenvalue weighted by Gasteiger charge is -2.21. The highest BCUT2D eigenvalue weighted by atomic mass is 16.5. The molecule has 0 fully saturated rings. The fourth-order valence-electron chi connectivity index (χ4n) is 2.27. The number of nitrogens with two attached hydrogens (primary N) is 1. The Balaban J connectivity index is 2.24. The molecule has 0 aliphatic heterocycles. The molecule has 2 rings (SSSR count). The van der Waals surface area contributed by atoms with E-state index >= 15 is 0 Å². The van der Waals surface area contributed by atoms with E-state index in [0.717, 1.165) is 36.6 Å². The monoisotopic (exact) mass is 315 g/mol. The van der Waals surface area contributed by atoms with E-state index in [0.29, 0.717) is 18.1 Å². The van der Waals surface area contributed by atoms with Gasteiger partial charge in [-0.1, -0.05) is 25.5 Å². The van der Waals surface area contributed by atoms with Crippen LogP contribution in [0.2, 0.25) is 0 Å². The summed E-state index contributed by atoms with van der Waals surface area (Å²) < 4.78 is 5.62. The fourth-order valence-corrected chi connectivity index (χ4v) is 2.27. The van der Waals surface area contributed by atoms with Gasteiger partial charge in [-0.05, 0) is 25.5 Å². The predicted octanol–water partition coefficient (Wildman–Crippen LogP) is 3.44. The quantitative estimate of drug-likeness (QED) is 0.777. The molecule has 0 amide bonds. The number of aromatic nitrogens is 2. The first-order valence-electron chi connectivity index (χ1n) is 7.97. The number of para-hydroxylation sites is 2. The van der Waals surface area contributed by atoms with Crippen molar-refractivity contribution in [3.05, 3.63) is 30.6 Å². The Bertz CT molecular complexity index is 632. The van der Waals surface area contributed by atoms with Crippen LogP contribution in [0.25, 0.3) is 0 Å². The molecule has 124 valence electrons. The zero-order valence-electron chi connectivity index (χ0n) is 14.0. The second-order valence-electron chi connectivity index (χ2n) is 5.29. The minimum Gasteiger partial charge on any atom is -0.492 e. The van der Waals surface area contributed by atoms with Gasteiger partial charge in [-0.15, -0.1) is 0 Å². The topological polar surface area (TPSA) is 76.3 Å². The van der Waals surface area contributed by atoms with E-state index in [1.54, 1.807) is 0 Å². The standard InChI is InChI=1S/C17H25N5O/c1-4-6-11-22(3)17-15(18)16(19-12-20-17)21-13-9-7-8-10-14(13)23-5-2/h7-10,12H,4-6,11,18H2,1-3H3,(H,19,20,21). The summed E-state index contributed by atoms with van der Waals surface area (Å²) in [7, 11) is 1.99. The molecule has 0 bridgehead atoms. The van der Waals surface area contributed by atoms with E-state index in [1.165, 1.54) is 6.33 Å². The average Bonchev–Trinajstić information content (AvgIpc) is 2.56. The molecule has 6 nitrogen and oxygen atoms in total. The van der Waals surface area contributed by atoms with Gasteiger partial charge in [0.1, 0.15) is 17.8 Å². The third-order valence-corrected chi connectivity index (χ3v) is 3.51. The van der Waals surface area contributed by atoms with Gasteiger partial charge in [0, 0.05) is 13.6 Å². The van der Waals surface area contributed by atoms with Crippen molar-refractivity contribution in [2.45, 2.75) is 26.7 Å². The summed E-state index contributed by atoms with van der Waals surface area (Å²) in [6.45, 7) is 5.63. The summed E-state index contributed by atoms with van der Waals surface area (Å²) in [4.78, 5) is 10.6. The largest absolute Gasteiger partial charge is 0.492 e. The second kappa shape index (κ2) is 8.22. The van der Waals surface area contributed by atoms with Crippen molar-refractivity contribution >= 4 is 23.0 Å². The first-order valence-corrected chi connectivity index (χ1v) is 7.97. The van der Waals surface area contributed by atoms with Gasteiger partial charge in [0.15, 0.2) is 11.6 Å². The molecule has 0 spiro atoms. The van der Waals surface area contributed by atoms with Crippen LogP contribution in [0.4, 0.5) is 23.0 Å². The fraction of sp³-hybridized carbons (Fsp3) is 0.412. The maximum absolute atomic E-state index is 6.26. The second-order valence-corrected chi connectivity index (χ2v) is 5.29. The van der Waals surface area contributed by atoms with Gasteiger partial charge in [-0.2, -0.15) is 0 Å². The van der Waals surface area contributed by atoms with Crippen LogP contribution in [0.1, 0.15) is 26.7 Å². The molecular formula is C17H25N5O. The zero-order chi connectivity index (χ0) is 16.7. The lowest BCUT2D eigenvalue weighted by Crippen LogP contribution is -2.21. The summed E-state index contributed by atoms with van der Waals surface area (Å²) in [6, 6.07) is 7.73. The molecule has 0 saturated carbocycles. The van der Waals surface area contributed by atoms with E-state index in [9.17, 15) is 0 Å². The van der Waals surface area contributed by atoms with Crippen molar-refractivity contribution in [3.8, 4) is 5.75 Å². The van der Waals surface area contributed by atoms with Crippen LogP contribution in [-0.4, -0.2) is 30.2 Å². The number of nitrogens with one attached hydrogen (secondary N) is 1. The Morgan fingerprint density at radius 3 is 2.74 bits per heavy atom. The maximum atomic E-state index is 6.26. The summed E-state index contributed by atoms with van der Waals surface area (Å²) in [5, 5.41) is 3.25. The predicted molar refractivity (Wildman–Crippen MR) is 95.5 cm³/mol. The van der Waals surface area contributed by atoms with Gasteiger partial charge in [0.2, 0.25) is 0 Å². The van der Waals surface area contributed by atoms with Crippen LogP contribution in [0, 0.1) is 0 Å². The number of nitrogen functional groups attached to an aromatic ring is 1. The van der Waals surface area contributed by atoms with E-state index in [1.807, 2.05) is 38.2 Å². The van der Waals surface area contributed by atoms with Crippen molar-refractivity contribution in [1.29, 1.82) is 0 Å². The lowest BCUT2D eigenvalue weighted by atomic mass is 10.2. The molecule has 23 heavy (non-hydrogen) atoms. The van der Waals surface area contributed by atoms with Gasteiger partial charge in [-0.25, -0.2) is 9.97 Å². The summed E-state index contributed by atoms with van der Waals surface area (Å²) in [6.07, 6.45) is 3.75. The van der Waals surface area contributed by atoms with Crippen molar-refractivity contribution in [3.63, 3.8) is 0 Å². The van der Waals surface area contributed by atoms with E-state index in [2.05, 4.69) is 27.1 Å². The van der Waals surface area contributed by atoms with Crippen molar-refractivity contribution < 1.29 is 4.74 Å². The molecular weight excluding hydrogens is 290 g/mol. The van der Waals surface area contributed by atoms with Gasteiger partial charge in [0.25, 0.3) is 0 Å². The maximum Gasteiger partial charge on any atom is 0.159 e. The van der Waals surface area contributed by atoms with Crippen LogP contribution >= 0.6 is 0 Å². The summed E-state index contributed by atoms with van der Waals surface area (Å²) in [5.41, 5.74) is 7.63. The number of benzene rings is 1. The van der Waals surface area contributed by atoms with E-state index < -0.39 is 0 Å². The van der Waals surface area contributed by atoms with Crippen LogP contribution < -0.4 is 20.7 Å². The first-order chi connectivity index (χ1) is 11.2. The molecule has 1 aromatic carbocycles. The van der Waals surface area contributed by atoms with Gasteiger partial charge in [0.05, 0.1) is 12.3 Å². The number of unbranched alkanes of at least 4 members (excludes halogenated alkanes) is 1.